The Balaban J connectivity index is 1.74. The van der Waals surface area contributed by atoms with Crippen molar-refractivity contribution in [3.05, 3.63) is 76.0 Å². The predicted octanol–water partition coefficient (Wildman–Crippen LogP) is 5.16. The second-order valence-electron chi connectivity index (χ2n) is 6.49. The molecule has 3 aromatic rings. The van der Waals surface area contributed by atoms with Crippen molar-refractivity contribution in [1.82, 2.24) is 9.78 Å². The maximum Gasteiger partial charge on any atom is 0.261 e. The molecule has 5 nitrogen and oxygen atoms in total. The van der Waals surface area contributed by atoms with Crippen LogP contribution in [0.2, 0.25) is 10.0 Å². The molecule has 27 heavy (non-hydrogen) atoms. The summed E-state index contributed by atoms with van der Waals surface area (Å²) >= 11 is 12.1. The number of nitrogens with one attached hydrogen (secondary N) is 1. The SMILES string of the molecule is CC(C)c1ccc(S(=O)(=O)Nc2cnn(Cc3ccc(Cl)cc3Cl)c2)cc1. The van der Waals surface area contributed by atoms with E-state index in [1.165, 1.54) is 6.20 Å². The van der Waals surface area contributed by atoms with Gasteiger partial charge in [0.05, 0.1) is 23.3 Å². The van der Waals surface area contributed by atoms with Crippen LogP contribution in [0.15, 0.2) is 59.8 Å². The first-order valence-corrected chi connectivity index (χ1v) is 10.6. The summed E-state index contributed by atoms with van der Waals surface area (Å²) < 4.78 is 29.3. The van der Waals surface area contributed by atoms with E-state index in [2.05, 4.69) is 23.7 Å². The number of rotatable bonds is 6. The topological polar surface area (TPSA) is 64.0 Å². The average molecular weight is 424 g/mol. The molecule has 2 aromatic carbocycles. The highest BCUT2D eigenvalue weighted by molar-refractivity contribution is 7.92. The minimum atomic E-state index is -3.68. The number of hydrogen-bond donors (Lipinski definition) is 1. The van der Waals surface area contributed by atoms with Gasteiger partial charge in [-0.1, -0.05) is 55.2 Å². The van der Waals surface area contributed by atoms with Crippen LogP contribution in [0.25, 0.3) is 0 Å². The molecule has 3 rings (SSSR count). The van der Waals surface area contributed by atoms with E-state index in [-0.39, 0.29) is 4.90 Å². The summed E-state index contributed by atoms with van der Waals surface area (Å²) in [4.78, 5) is 0.209. The zero-order valence-electron chi connectivity index (χ0n) is 14.9. The van der Waals surface area contributed by atoms with Gasteiger partial charge in [-0.25, -0.2) is 8.42 Å². The van der Waals surface area contributed by atoms with E-state index < -0.39 is 10.0 Å². The fourth-order valence-electron chi connectivity index (χ4n) is 2.57. The minimum absolute atomic E-state index is 0.209. The van der Waals surface area contributed by atoms with Gasteiger partial charge in [0.15, 0.2) is 0 Å². The summed E-state index contributed by atoms with van der Waals surface area (Å²) in [6, 6.07) is 12.1. The fraction of sp³-hybridized carbons (Fsp3) is 0.211. The number of aromatic nitrogens is 2. The molecule has 0 aliphatic rings. The molecule has 0 aliphatic carbocycles. The van der Waals surface area contributed by atoms with Crippen LogP contribution in [0.4, 0.5) is 5.69 Å². The van der Waals surface area contributed by atoms with Crippen molar-refractivity contribution in [2.24, 2.45) is 0 Å². The van der Waals surface area contributed by atoms with E-state index in [4.69, 9.17) is 23.2 Å². The molecule has 1 aromatic heterocycles. The monoisotopic (exact) mass is 423 g/mol. The zero-order chi connectivity index (χ0) is 19.6. The van der Waals surface area contributed by atoms with Gasteiger partial charge in [0.25, 0.3) is 10.0 Å². The first-order valence-electron chi connectivity index (χ1n) is 8.34. The Bertz CT molecular complexity index is 1050. The largest absolute Gasteiger partial charge is 0.276 e. The third kappa shape index (κ3) is 4.83. The van der Waals surface area contributed by atoms with Crippen LogP contribution in [0.3, 0.4) is 0 Å². The van der Waals surface area contributed by atoms with E-state index in [0.29, 0.717) is 28.2 Å². The third-order valence-corrected chi connectivity index (χ3v) is 6.07. The Morgan fingerprint density at radius 1 is 1.11 bits per heavy atom. The maximum atomic E-state index is 12.6. The molecule has 0 bridgehead atoms. The van der Waals surface area contributed by atoms with Crippen LogP contribution in [0.5, 0.6) is 0 Å². The number of hydrogen-bond acceptors (Lipinski definition) is 3. The molecule has 0 radical (unpaired) electrons. The number of anilines is 1. The fourth-order valence-corrected chi connectivity index (χ4v) is 4.07. The lowest BCUT2D eigenvalue weighted by Crippen LogP contribution is -2.12. The molecule has 0 atom stereocenters. The molecule has 0 saturated carbocycles. The van der Waals surface area contributed by atoms with Crippen LogP contribution in [-0.4, -0.2) is 18.2 Å². The highest BCUT2D eigenvalue weighted by Crippen LogP contribution is 2.23. The Hall–Kier alpha value is -2.02. The molecule has 1 heterocycles. The Morgan fingerprint density at radius 2 is 1.81 bits per heavy atom. The Morgan fingerprint density at radius 3 is 2.44 bits per heavy atom. The summed E-state index contributed by atoms with van der Waals surface area (Å²) in [6.45, 7) is 4.52. The molecule has 0 aliphatic heterocycles. The molecule has 0 fully saturated rings. The quantitative estimate of drug-likeness (QED) is 0.594. The lowest BCUT2D eigenvalue weighted by atomic mass is 10.0. The summed E-state index contributed by atoms with van der Waals surface area (Å²) in [7, 11) is -3.68. The van der Waals surface area contributed by atoms with Crippen molar-refractivity contribution in [2.75, 3.05) is 4.72 Å². The van der Waals surface area contributed by atoms with Gasteiger partial charge in [-0.15, -0.1) is 0 Å². The van der Waals surface area contributed by atoms with E-state index in [1.807, 2.05) is 18.2 Å². The van der Waals surface area contributed by atoms with Gasteiger partial charge in [0, 0.05) is 16.2 Å². The average Bonchev–Trinajstić information content (AvgIpc) is 3.04. The number of benzene rings is 2. The van der Waals surface area contributed by atoms with Gasteiger partial charge in [0.2, 0.25) is 0 Å². The molecule has 8 heteroatoms. The highest BCUT2D eigenvalue weighted by atomic mass is 35.5. The van der Waals surface area contributed by atoms with Gasteiger partial charge >= 0.3 is 0 Å². The standard InChI is InChI=1S/C19H19Cl2N3O2S/c1-13(2)14-4-7-18(8-5-14)27(25,26)23-17-10-22-24(12-17)11-15-3-6-16(20)9-19(15)21/h3-10,12-13,23H,11H2,1-2H3. The highest BCUT2D eigenvalue weighted by Gasteiger charge is 2.15. The Kier molecular flexibility index (Phi) is 5.79. The molecular weight excluding hydrogens is 405 g/mol. The number of sulfonamides is 1. The third-order valence-electron chi connectivity index (χ3n) is 4.09. The van der Waals surface area contributed by atoms with Crippen LogP contribution >= 0.6 is 23.2 Å². The number of halogens is 2. The molecule has 0 amide bonds. The summed E-state index contributed by atoms with van der Waals surface area (Å²) in [6.07, 6.45) is 3.08. The lowest BCUT2D eigenvalue weighted by Gasteiger charge is -2.09. The molecule has 0 spiro atoms. The van der Waals surface area contributed by atoms with E-state index in [9.17, 15) is 8.42 Å². The molecule has 1 N–H and O–H groups in total. The van der Waals surface area contributed by atoms with Gasteiger partial charge in [-0.2, -0.15) is 5.10 Å². The predicted molar refractivity (Wildman–Crippen MR) is 109 cm³/mol. The second kappa shape index (κ2) is 7.92. The van der Waals surface area contributed by atoms with Gasteiger partial charge in [-0.05, 0) is 41.3 Å². The van der Waals surface area contributed by atoms with E-state index >= 15 is 0 Å². The summed E-state index contributed by atoms with van der Waals surface area (Å²) in [5, 5.41) is 5.28. The normalized spacial score (nSPS) is 11.7. The van der Waals surface area contributed by atoms with Gasteiger partial charge < -0.3 is 0 Å². The van der Waals surface area contributed by atoms with Crippen LogP contribution in [0.1, 0.15) is 30.9 Å². The van der Waals surface area contributed by atoms with Crippen molar-refractivity contribution in [3.8, 4) is 0 Å². The van der Waals surface area contributed by atoms with Crippen molar-refractivity contribution in [2.45, 2.75) is 31.2 Å². The first-order chi connectivity index (χ1) is 12.7. The summed E-state index contributed by atoms with van der Waals surface area (Å²) in [5.41, 5.74) is 2.30. The minimum Gasteiger partial charge on any atom is -0.276 e. The zero-order valence-corrected chi connectivity index (χ0v) is 17.2. The summed E-state index contributed by atoms with van der Waals surface area (Å²) in [5.74, 6) is 0.340. The molecular formula is C19H19Cl2N3O2S. The second-order valence-corrected chi connectivity index (χ2v) is 9.02. The molecule has 0 saturated heterocycles. The van der Waals surface area contributed by atoms with Crippen LogP contribution in [-0.2, 0) is 16.6 Å². The van der Waals surface area contributed by atoms with Crippen molar-refractivity contribution in [1.29, 1.82) is 0 Å². The van der Waals surface area contributed by atoms with Gasteiger partial charge in [-0.3, -0.25) is 9.40 Å². The van der Waals surface area contributed by atoms with Crippen molar-refractivity contribution < 1.29 is 8.42 Å². The van der Waals surface area contributed by atoms with Crippen LogP contribution in [0, 0.1) is 0 Å². The van der Waals surface area contributed by atoms with Gasteiger partial charge in [0.1, 0.15) is 0 Å². The lowest BCUT2D eigenvalue weighted by molar-refractivity contribution is 0.601. The molecule has 0 unspecified atom stereocenters. The smallest absolute Gasteiger partial charge is 0.261 e. The van der Waals surface area contributed by atoms with Crippen molar-refractivity contribution in [3.63, 3.8) is 0 Å². The van der Waals surface area contributed by atoms with Crippen LogP contribution < -0.4 is 4.72 Å². The first kappa shape index (κ1) is 19.7. The number of nitrogens with zero attached hydrogens (tertiary/aromatic N) is 2. The molecule has 142 valence electrons. The Labute approximate surface area is 169 Å². The van der Waals surface area contributed by atoms with E-state index in [0.717, 1.165) is 11.1 Å². The van der Waals surface area contributed by atoms with Crippen molar-refractivity contribution >= 4 is 38.9 Å². The maximum absolute atomic E-state index is 12.6. The van der Waals surface area contributed by atoms with E-state index in [1.54, 1.807) is 35.1 Å².